The van der Waals surface area contributed by atoms with Gasteiger partial charge in [-0.25, -0.2) is 0 Å². The lowest BCUT2D eigenvalue weighted by Gasteiger charge is -2.27. The van der Waals surface area contributed by atoms with Crippen molar-refractivity contribution in [2.75, 3.05) is 14.2 Å². The molecule has 1 aromatic rings. The minimum Gasteiger partial charge on any atom is -0.497 e. The molecule has 1 rings (SSSR count). The highest BCUT2D eigenvalue weighted by Crippen LogP contribution is 2.33. The van der Waals surface area contributed by atoms with E-state index in [1.165, 1.54) is 0 Å². The van der Waals surface area contributed by atoms with Crippen LogP contribution < -0.4 is 9.47 Å². The fraction of sp³-hybridized carbons (Fsp3) is 0.500. The van der Waals surface area contributed by atoms with Crippen molar-refractivity contribution in [3.8, 4) is 11.5 Å². The standard InChI is InChI=1S/C16H26O3Si/c1-12(2)8-16(19-20(5,6)7)13-9-14(17-3)11-15(10-13)18-4/h9-11,16H,1,8H2,2-7H3. The van der Waals surface area contributed by atoms with Crippen molar-refractivity contribution in [3.63, 3.8) is 0 Å². The first-order valence-electron chi connectivity index (χ1n) is 6.80. The lowest BCUT2D eigenvalue weighted by molar-refractivity contribution is 0.197. The van der Waals surface area contributed by atoms with Gasteiger partial charge in [0.25, 0.3) is 0 Å². The lowest BCUT2D eigenvalue weighted by atomic mass is 10.0. The second-order valence-electron chi connectivity index (χ2n) is 6.03. The Labute approximate surface area is 123 Å². The SMILES string of the molecule is C=C(C)CC(O[Si](C)(C)C)c1cc(OC)cc(OC)c1. The molecule has 1 unspecified atom stereocenters. The number of rotatable bonds is 7. The molecule has 112 valence electrons. The molecule has 0 N–H and O–H groups in total. The van der Waals surface area contributed by atoms with Gasteiger partial charge in [0.15, 0.2) is 8.32 Å². The van der Waals surface area contributed by atoms with E-state index >= 15 is 0 Å². The zero-order chi connectivity index (χ0) is 15.3. The molecule has 0 aliphatic heterocycles. The monoisotopic (exact) mass is 294 g/mol. The minimum absolute atomic E-state index is 0.00293. The highest BCUT2D eigenvalue weighted by molar-refractivity contribution is 6.69. The molecule has 0 aliphatic rings. The van der Waals surface area contributed by atoms with Crippen molar-refractivity contribution in [2.24, 2.45) is 0 Å². The van der Waals surface area contributed by atoms with Gasteiger partial charge in [-0.2, -0.15) is 0 Å². The van der Waals surface area contributed by atoms with Gasteiger partial charge in [-0.15, -0.1) is 6.58 Å². The van der Waals surface area contributed by atoms with Crippen LogP contribution in [0, 0.1) is 0 Å². The maximum atomic E-state index is 6.30. The van der Waals surface area contributed by atoms with E-state index in [-0.39, 0.29) is 6.10 Å². The van der Waals surface area contributed by atoms with Crippen LogP contribution in [0.4, 0.5) is 0 Å². The molecule has 1 atom stereocenters. The van der Waals surface area contributed by atoms with Gasteiger partial charge in [0.05, 0.1) is 20.3 Å². The smallest absolute Gasteiger partial charge is 0.184 e. The van der Waals surface area contributed by atoms with Crippen molar-refractivity contribution >= 4 is 8.32 Å². The summed E-state index contributed by atoms with van der Waals surface area (Å²) in [7, 11) is 1.67. The van der Waals surface area contributed by atoms with Crippen LogP contribution in [-0.2, 0) is 4.43 Å². The molecule has 0 spiro atoms. The van der Waals surface area contributed by atoms with E-state index in [0.717, 1.165) is 29.1 Å². The Hall–Kier alpha value is -1.26. The van der Waals surface area contributed by atoms with Crippen molar-refractivity contribution < 1.29 is 13.9 Å². The van der Waals surface area contributed by atoms with Crippen molar-refractivity contribution in [1.29, 1.82) is 0 Å². The number of hydrogen-bond acceptors (Lipinski definition) is 3. The molecule has 0 amide bonds. The number of ether oxygens (including phenoxy) is 2. The third-order valence-electron chi connectivity index (χ3n) is 2.78. The molecular weight excluding hydrogens is 268 g/mol. The molecule has 0 saturated heterocycles. The van der Waals surface area contributed by atoms with Gasteiger partial charge in [-0.05, 0) is 50.7 Å². The number of methoxy groups -OCH3 is 2. The van der Waals surface area contributed by atoms with Gasteiger partial charge in [0.2, 0.25) is 0 Å². The Morgan fingerprint density at radius 1 is 1.10 bits per heavy atom. The van der Waals surface area contributed by atoms with Gasteiger partial charge in [0.1, 0.15) is 11.5 Å². The maximum absolute atomic E-state index is 6.30. The Balaban J connectivity index is 3.14. The van der Waals surface area contributed by atoms with Crippen molar-refractivity contribution in [1.82, 2.24) is 0 Å². The molecular formula is C16H26O3Si. The summed E-state index contributed by atoms with van der Waals surface area (Å²) in [5, 5.41) is 0. The van der Waals surface area contributed by atoms with Crippen LogP contribution in [0.1, 0.15) is 25.0 Å². The van der Waals surface area contributed by atoms with Crippen LogP contribution in [0.2, 0.25) is 19.6 Å². The second kappa shape index (κ2) is 6.95. The zero-order valence-electron chi connectivity index (χ0n) is 13.4. The van der Waals surface area contributed by atoms with Gasteiger partial charge < -0.3 is 13.9 Å². The van der Waals surface area contributed by atoms with E-state index in [1.54, 1.807) is 14.2 Å². The van der Waals surface area contributed by atoms with E-state index in [9.17, 15) is 0 Å². The van der Waals surface area contributed by atoms with Gasteiger partial charge >= 0.3 is 0 Å². The first kappa shape index (κ1) is 16.8. The van der Waals surface area contributed by atoms with E-state index in [0.29, 0.717) is 0 Å². The predicted molar refractivity (Wildman–Crippen MR) is 86.1 cm³/mol. The molecule has 0 aliphatic carbocycles. The number of benzene rings is 1. The van der Waals surface area contributed by atoms with Crippen molar-refractivity contribution in [2.45, 2.75) is 39.1 Å². The van der Waals surface area contributed by atoms with Crippen LogP contribution in [0.5, 0.6) is 11.5 Å². The Morgan fingerprint density at radius 2 is 1.60 bits per heavy atom. The van der Waals surface area contributed by atoms with E-state index in [1.807, 2.05) is 25.1 Å². The van der Waals surface area contributed by atoms with E-state index in [2.05, 4.69) is 26.2 Å². The molecule has 0 radical (unpaired) electrons. The Bertz CT molecular complexity index is 441. The molecule has 0 heterocycles. The van der Waals surface area contributed by atoms with E-state index in [4.69, 9.17) is 13.9 Å². The first-order chi connectivity index (χ1) is 9.25. The molecule has 4 heteroatoms. The summed E-state index contributed by atoms with van der Waals surface area (Å²) < 4.78 is 17.0. The molecule has 0 saturated carbocycles. The maximum Gasteiger partial charge on any atom is 0.184 e. The summed E-state index contributed by atoms with van der Waals surface area (Å²) in [4.78, 5) is 0. The molecule has 0 fully saturated rings. The topological polar surface area (TPSA) is 27.7 Å². The average Bonchev–Trinajstić information content (AvgIpc) is 2.35. The third-order valence-corrected chi connectivity index (χ3v) is 3.77. The van der Waals surface area contributed by atoms with Crippen LogP contribution in [0.25, 0.3) is 0 Å². The van der Waals surface area contributed by atoms with E-state index < -0.39 is 8.32 Å². The molecule has 0 bridgehead atoms. The summed E-state index contributed by atoms with van der Waals surface area (Å²) in [6.45, 7) is 12.6. The van der Waals surface area contributed by atoms with Gasteiger partial charge in [-0.1, -0.05) is 5.57 Å². The lowest BCUT2D eigenvalue weighted by Crippen LogP contribution is -2.28. The van der Waals surface area contributed by atoms with Gasteiger partial charge in [0, 0.05) is 6.07 Å². The summed E-state index contributed by atoms with van der Waals surface area (Å²) in [5.74, 6) is 1.57. The summed E-state index contributed by atoms with van der Waals surface area (Å²) >= 11 is 0. The molecule has 20 heavy (non-hydrogen) atoms. The molecule has 0 aromatic heterocycles. The van der Waals surface area contributed by atoms with Gasteiger partial charge in [-0.3, -0.25) is 0 Å². The molecule has 1 aromatic carbocycles. The minimum atomic E-state index is -1.65. The highest BCUT2D eigenvalue weighted by Gasteiger charge is 2.23. The van der Waals surface area contributed by atoms with Crippen LogP contribution in [-0.4, -0.2) is 22.5 Å². The first-order valence-corrected chi connectivity index (χ1v) is 10.2. The average molecular weight is 294 g/mol. The molecule has 3 nitrogen and oxygen atoms in total. The fourth-order valence-corrected chi connectivity index (χ4v) is 3.06. The van der Waals surface area contributed by atoms with Crippen LogP contribution in [0.15, 0.2) is 30.4 Å². The highest BCUT2D eigenvalue weighted by atomic mass is 28.4. The fourth-order valence-electron chi connectivity index (χ4n) is 1.99. The largest absolute Gasteiger partial charge is 0.497 e. The zero-order valence-corrected chi connectivity index (χ0v) is 14.4. The Kier molecular flexibility index (Phi) is 5.83. The quantitative estimate of drug-likeness (QED) is 0.545. The van der Waals surface area contributed by atoms with Crippen LogP contribution >= 0.6 is 0 Å². The normalized spacial score (nSPS) is 12.9. The third kappa shape index (κ3) is 5.39. The number of hydrogen-bond donors (Lipinski definition) is 0. The summed E-state index contributed by atoms with van der Waals surface area (Å²) in [6.07, 6.45) is 0.809. The Morgan fingerprint density at radius 3 is 1.95 bits per heavy atom. The summed E-state index contributed by atoms with van der Waals surface area (Å²) in [6, 6.07) is 5.89. The van der Waals surface area contributed by atoms with Crippen molar-refractivity contribution in [3.05, 3.63) is 35.9 Å². The van der Waals surface area contributed by atoms with Crippen LogP contribution in [0.3, 0.4) is 0 Å². The summed E-state index contributed by atoms with van der Waals surface area (Å²) in [5.41, 5.74) is 2.18. The predicted octanol–water partition coefficient (Wildman–Crippen LogP) is 4.56. The second-order valence-corrected chi connectivity index (χ2v) is 10.5.